The highest BCUT2D eigenvalue weighted by Crippen LogP contribution is 2.25. The van der Waals surface area contributed by atoms with Gasteiger partial charge in [-0.1, -0.05) is 0 Å². The van der Waals surface area contributed by atoms with E-state index in [4.69, 9.17) is 5.84 Å². The van der Waals surface area contributed by atoms with Gasteiger partial charge in [0.05, 0.1) is 6.20 Å². The van der Waals surface area contributed by atoms with Crippen LogP contribution in [0, 0.1) is 5.82 Å². The molecule has 13 heavy (non-hydrogen) atoms. The highest BCUT2D eigenvalue weighted by molar-refractivity contribution is 5.42. The Kier molecular flexibility index (Phi) is 1.97. The molecule has 0 spiro atoms. The monoisotopic (exact) mass is 183 g/mol. The van der Waals surface area contributed by atoms with Gasteiger partial charge in [-0.25, -0.2) is 15.2 Å². The van der Waals surface area contributed by atoms with Gasteiger partial charge in [0.15, 0.2) is 11.6 Å². The zero-order valence-corrected chi connectivity index (χ0v) is 6.92. The summed E-state index contributed by atoms with van der Waals surface area (Å²) < 4.78 is 13.0. The van der Waals surface area contributed by atoms with Crippen LogP contribution in [0.1, 0.15) is 12.8 Å². The molecular formula is C7H10FN5. The third-order valence-electron chi connectivity index (χ3n) is 1.79. The number of hydrogen-bond donors (Lipinski definition) is 3. The lowest BCUT2D eigenvalue weighted by Crippen LogP contribution is -2.13. The minimum atomic E-state index is -0.453. The molecule has 1 aromatic heterocycles. The molecule has 70 valence electrons. The van der Waals surface area contributed by atoms with Crippen LogP contribution in [0.2, 0.25) is 0 Å². The number of hydrazine groups is 1. The number of aromatic nitrogens is 2. The second-order valence-corrected chi connectivity index (χ2v) is 2.95. The van der Waals surface area contributed by atoms with Crippen molar-refractivity contribution in [1.82, 2.24) is 9.97 Å². The van der Waals surface area contributed by atoms with Crippen LogP contribution in [0.3, 0.4) is 0 Å². The fourth-order valence-electron chi connectivity index (χ4n) is 0.959. The first kappa shape index (κ1) is 8.18. The van der Waals surface area contributed by atoms with Gasteiger partial charge < -0.3 is 5.32 Å². The third kappa shape index (κ3) is 1.83. The number of nitrogen functional groups attached to an aromatic ring is 1. The predicted molar refractivity (Wildman–Crippen MR) is 46.4 cm³/mol. The molecule has 0 unspecified atom stereocenters. The van der Waals surface area contributed by atoms with Gasteiger partial charge in [-0.15, -0.1) is 0 Å². The number of rotatable bonds is 3. The largest absolute Gasteiger partial charge is 0.365 e. The molecule has 0 amide bonds. The molecule has 1 heterocycles. The molecule has 1 aliphatic carbocycles. The van der Waals surface area contributed by atoms with E-state index >= 15 is 0 Å². The normalized spacial score (nSPS) is 15.5. The summed E-state index contributed by atoms with van der Waals surface area (Å²) in [5.74, 6) is 5.06. The molecule has 0 saturated heterocycles. The van der Waals surface area contributed by atoms with Crippen LogP contribution >= 0.6 is 0 Å². The highest BCUT2D eigenvalue weighted by Gasteiger charge is 2.22. The van der Waals surface area contributed by atoms with Crippen LogP contribution in [-0.2, 0) is 0 Å². The summed E-state index contributed by atoms with van der Waals surface area (Å²) in [7, 11) is 0. The minimum Gasteiger partial charge on any atom is -0.365 e. The first-order valence-electron chi connectivity index (χ1n) is 4.05. The maximum Gasteiger partial charge on any atom is 0.239 e. The van der Waals surface area contributed by atoms with E-state index < -0.39 is 5.82 Å². The zero-order chi connectivity index (χ0) is 9.26. The van der Waals surface area contributed by atoms with Gasteiger partial charge in [-0.3, -0.25) is 5.43 Å². The molecule has 1 aliphatic rings. The lowest BCUT2D eigenvalue weighted by molar-refractivity contribution is 0.617. The van der Waals surface area contributed by atoms with Crippen LogP contribution in [-0.4, -0.2) is 16.0 Å². The maximum absolute atomic E-state index is 13.0. The molecule has 5 nitrogen and oxygen atoms in total. The van der Waals surface area contributed by atoms with Crippen molar-refractivity contribution in [3.63, 3.8) is 0 Å². The van der Waals surface area contributed by atoms with Crippen LogP contribution in [0.5, 0.6) is 0 Å². The molecule has 0 aromatic carbocycles. The Labute approximate surface area is 74.5 Å². The number of anilines is 2. The molecule has 1 saturated carbocycles. The van der Waals surface area contributed by atoms with Crippen molar-refractivity contribution in [3.05, 3.63) is 12.0 Å². The number of nitrogens with one attached hydrogen (secondary N) is 2. The standard InChI is InChI=1S/C7H10FN5/c8-5-3-10-7(13-9)12-6(5)11-4-1-2-4/h3-4H,1-2,9H2,(H2,10,11,12,13). The second kappa shape index (κ2) is 3.14. The first-order chi connectivity index (χ1) is 6.29. The summed E-state index contributed by atoms with van der Waals surface area (Å²) in [5.41, 5.74) is 2.26. The van der Waals surface area contributed by atoms with Gasteiger partial charge in [-0.05, 0) is 12.8 Å². The summed E-state index contributed by atoms with van der Waals surface area (Å²) in [6.45, 7) is 0. The van der Waals surface area contributed by atoms with Gasteiger partial charge >= 0.3 is 0 Å². The van der Waals surface area contributed by atoms with Gasteiger partial charge in [0, 0.05) is 6.04 Å². The Balaban J connectivity index is 2.19. The van der Waals surface area contributed by atoms with E-state index in [0.717, 1.165) is 19.0 Å². The molecule has 1 aromatic rings. The molecule has 6 heteroatoms. The number of nitrogens with zero attached hydrogens (tertiary/aromatic N) is 2. The van der Waals surface area contributed by atoms with Crippen molar-refractivity contribution in [1.29, 1.82) is 0 Å². The van der Waals surface area contributed by atoms with Gasteiger partial charge in [0.25, 0.3) is 0 Å². The minimum absolute atomic E-state index is 0.213. The van der Waals surface area contributed by atoms with Crippen molar-refractivity contribution < 1.29 is 4.39 Å². The van der Waals surface area contributed by atoms with E-state index in [0.29, 0.717) is 6.04 Å². The average molecular weight is 183 g/mol. The summed E-state index contributed by atoms with van der Waals surface area (Å²) in [4.78, 5) is 7.46. The van der Waals surface area contributed by atoms with Crippen molar-refractivity contribution in [2.45, 2.75) is 18.9 Å². The lowest BCUT2D eigenvalue weighted by Gasteiger charge is -2.05. The van der Waals surface area contributed by atoms with Crippen molar-refractivity contribution in [3.8, 4) is 0 Å². The molecule has 2 rings (SSSR count). The number of hydrogen-bond acceptors (Lipinski definition) is 5. The topological polar surface area (TPSA) is 75.9 Å². The van der Waals surface area contributed by atoms with Gasteiger partial charge in [-0.2, -0.15) is 4.98 Å². The molecular weight excluding hydrogens is 173 g/mol. The van der Waals surface area contributed by atoms with E-state index in [1.165, 1.54) is 0 Å². The molecule has 1 fully saturated rings. The molecule has 4 N–H and O–H groups in total. The summed E-state index contributed by atoms with van der Waals surface area (Å²) in [6.07, 6.45) is 3.22. The quantitative estimate of drug-likeness (QED) is 0.469. The maximum atomic E-state index is 13.0. The van der Waals surface area contributed by atoms with Gasteiger partial charge in [0.1, 0.15) is 0 Å². The highest BCUT2D eigenvalue weighted by atomic mass is 19.1. The van der Waals surface area contributed by atoms with E-state index in [1.807, 2.05) is 0 Å². The summed E-state index contributed by atoms with van der Waals surface area (Å²) in [6, 6.07) is 0.357. The van der Waals surface area contributed by atoms with E-state index in [2.05, 4.69) is 20.7 Å². The smallest absolute Gasteiger partial charge is 0.239 e. The number of halogens is 1. The Morgan fingerprint density at radius 3 is 2.92 bits per heavy atom. The second-order valence-electron chi connectivity index (χ2n) is 2.95. The van der Waals surface area contributed by atoms with E-state index in [-0.39, 0.29) is 11.8 Å². The van der Waals surface area contributed by atoms with Crippen LogP contribution in [0.25, 0.3) is 0 Å². The Hall–Kier alpha value is -1.43. The molecule has 0 aliphatic heterocycles. The van der Waals surface area contributed by atoms with Gasteiger partial charge in [0.2, 0.25) is 5.95 Å². The van der Waals surface area contributed by atoms with Crippen LogP contribution in [0.4, 0.5) is 16.2 Å². The van der Waals surface area contributed by atoms with Crippen LogP contribution in [0.15, 0.2) is 6.20 Å². The average Bonchev–Trinajstić information content (AvgIpc) is 2.93. The number of nitrogens with two attached hydrogens (primary N) is 1. The predicted octanol–water partition coefficient (Wildman–Crippen LogP) is 0.476. The molecule has 0 radical (unpaired) electrons. The Morgan fingerprint density at radius 2 is 2.31 bits per heavy atom. The van der Waals surface area contributed by atoms with E-state index in [1.54, 1.807) is 0 Å². The SMILES string of the molecule is NNc1ncc(F)c(NC2CC2)n1. The molecule has 0 bridgehead atoms. The van der Waals surface area contributed by atoms with E-state index in [9.17, 15) is 4.39 Å². The lowest BCUT2D eigenvalue weighted by atomic mass is 10.5. The Morgan fingerprint density at radius 1 is 1.54 bits per heavy atom. The fraction of sp³-hybridized carbons (Fsp3) is 0.429. The van der Waals surface area contributed by atoms with Crippen molar-refractivity contribution in [2.75, 3.05) is 10.7 Å². The zero-order valence-electron chi connectivity index (χ0n) is 6.92. The Bertz CT molecular complexity index is 312. The van der Waals surface area contributed by atoms with Crippen LogP contribution < -0.4 is 16.6 Å². The van der Waals surface area contributed by atoms with Crippen molar-refractivity contribution in [2.24, 2.45) is 5.84 Å². The third-order valence-corrected chi connectivity index (χ3v) is 1.79. The van der Waals surface area contributed by atoms with Crippen molar-refractivity contribution >= 4 is 11.8 Å². The fourth-order valence-corrected chi connectivity index (χ4v) is 0.959. The first-order valence-corrected chi connectivity index (χ1v) is 4.05. The molecule has 0 atom stereocenters. The summed E-state index contributed by atoms with van der Waals surface area (Å²) in [5, 5.41) is 2.94. The summed E-state index contributed by atoms with van der Waals surface area (Å²) >= 11 is 0.